The molecule has 0 radical (unpaired) electrons. The van der Waals surface area contributed by atoms with E-state index in [1.807, 2.05) is 0 Å². The molecule has 1 aliphatic heterocycles. The molecule has 4 nitrogen and oxygen atoms in total. The first-order valence-corrected chi connectivity index (χ1v) is 4.50. The predicted octanol–water partition coefficient (Wildman–Crippen LogP) is 0.729. The molecule has 5 heteroatoms. The average Bonchev–Trinajstić information content (AvgIpc) is 2.00. The molecule has 1 aliphatic rings. The normalized spacial score (nSPS) is 33.7. The fraction of sp³-hybridized carbons (Fsp3) is 0.889. The summed E-state index contributed by atoms with van der Waals surface area (Å²) in [7, 11) is 0. The van der Waals surface area contributed by atoms with Crippen LogP contribution in [-0.4, -0.2) is 40.2 Å². The number of hydrogen-bond donors (Lipinski definition) is 2. The van der Waals surface area contributed by atoms with E-state index >= 15 is 0 Å². The quantitative estimate of drug-likeness (QED) is 0.699. The predicted molar refractivity (Wildman–Crippen MR) is 46.7 cm³/mol. The molecular formula is C9H15FO4. The average molecular weight is 206 g/mol. The van der Waals surface area contributed by atoms with Crippen LogP contribution in [0.5, 0.6) is 0 Å². The molecular weight excluding hydrogens is 191 g/mol. The van der Waals surface area contributed by atoms with Crippen molar-refractivity contribution in [3.63, 3.8) is 0 Å². The monoisotopic (exact) mass is 206 g/mol. The van der Waals surface area contributed by atoms with Crippen LogP contribution in [0.4, 0.5) is 4.39 Å². The number of alkyl halides is 1. The molecule has 0 aromatic heterocycles. The zero-order valence-corrected chi connectivity index (χ0v) is 8.29. The molecule has 1 rings (SSSR count). The van der Waals surface area contributed by atoms with Crippen molar-refractivity contribution in [3.05, 3.63) is 0 Å². The number of ether oxygens (including phenoxy) is 1. The van der Waals surface area contributed by atoms with Gasteiger partial charge in [0.15, 0.2) is 0 Å². The van der Waals surface area contributed by atoms with Gasteiger partial charge in [0.1, 0.15) is 5.60 Å². The number of carboxylic acids is 1. The summed E-state index contributed by atoms with van der Waals surface area (Å²) >= 11 is 0. The lowest BCUT2D eigenvalue weighted by Crippen LogP contribution is -2.53. The van der Waals surface area contributed by atoms with Crippen molar-refractivity contribution < 1.29 is 24.1 Å². The Bertz CT molecular complexity index is 241. The number of halogens is 1. The summed E-state index contributed by atoms with van der Waals surface area (Å²) in [4.78, 5) is 10.4. The summed E-state index contributed by atoms with van der Waals surface area (Å²) in [6, 6.07) is 0. The van der Waals surface area contributed by atoms with Crippen LogP contribution in [0.3, 0.4) is 0 Å². The second kappa shape index (κ2) is 3.47. The van der Waals surface area contributed by atoms with Crippen molar-refractivity contribution in [3.8, 4) is 0 Å². The van der Waals surface area contributed by atoms with Crippen molar-refractivity contribution >= 4 is 5.97 Å². The van der Waals surface area contributed by atoms with Crippen molar-refractivity contribution in [1.29, 1.82) is 0 Å². The van der Waals surface area contributed by atoms with E-state index in [1.54, 1.807) is 13.8 Å². The van der Waals surface area contributed by atoms with Gasteiger partial charge < -0.3 is 14.9 Å². The van der Waals surface area contributed by atoms with Crippen LogP contribution in [-0.2, 0) is 9.53 Å². The number of rotatable bonds is 2. The van der Waals surface area contributed by atoms with Crippen molar-refractivity contribution in [2.45, 2.75) is 44.1 Å². The highest BCUT2D eigenvalue weighted by molar-refractivity contribution is 5.73. The van der Waals surface area contributed by atoms with Crippen LogP contribution in [0.2, 0.25) is 0 Å². The van der Waals surface area contributed by atoms with Gasteiger partial charge in [0, 0.05) is 12.8 Å². The number of hydrogen-bond acceptors (Lipinski definition) is 3. The van der Waals surface area contributed by atoms with Crippen molar-refractivity contribution in [2.75, 3.05) is 6.61 Å². The molecule has 0 bridgehead atoms. The SMILES string of the molecule is CC1(C)CC(O)(C(F)C(=O)O)CCO1. The largest absolute Gasteiger partial charge is 0.479 e. The van der Waals surface area contributed by atoms with Crippen LogP contribution in [0.1, 0.15) is 26.7 Å². The molecule has 1 fully saturated rings. The molecule has 14 heavy (non-hydrogen) atoms. The van der Waals surface area contributed by atoms with Gasteiger partial charge in [-0.2, -0.15) is 0 Å². The minimum Gasteiger partial charge on any atom is -0.479 e. The summed E-state index contributed by atoms with van der Waals surface area (Å²) < 4.78 is 18.5. The fourth-order valence-electron chi connectivity index (χ4n) is 1.83. The Morgan fingerprint density at radius 3 is 2.57 bits per heavy atom. The van der Waals surface area contributed by atoms with Gasteiger partial charge in [-0.3, -0.25) is 0 Å². The first-order chi connectivity index (χ1) is 6.27. The Kier molecular flexibility index (Phi) is 2.83. The number of aliphatic carboxylic acids is 1. The number of aliphatic hydroxyl groups is 1. The van der Waals surface area contributed by atoms with Gasteiger partial charge in [0.05, 0.1) is 12.2 Å². The number of carboxylic acid groups (broad SMARTS) is 1. The fourth-order valence-corrected chi connectivity index (χ4v) is 1.83. The van der Waals surface area contributed by atoms with Crippen LogP contribution < -0.4 is 0 Å². The molecule has 0 aromatic rings. The highest BCUT2D eigenvalue weighted by Gasteiger charge is 2.48. The molecule has 82 valence electrons. The van der Waals surface area contributed by atoms with Crippen LogP contribution in [0.25, 0.3) is 0 Å². The lowest BCUT2D eigenvalue weighted by Gasteiger charge is -2.41. The lowest BCUT2D eigenvalue weighted by molar-refractivity contribution is -0.184. The van der Waals surface area contributed by atoms with Crippen LogP contribution in [0, 0.1) is 0 Å². The maximum Gasteiger partial charge on any atom is 0.341 e. The Hall–Kier alpha value is -0.680. The topological polar surface area (TPSA) is 66.8 Å². The minimum atomic E-state index is -2.24. The van der Waals surface area contributed by atoms with E-state index in [1.165, 1.54) is 0 Å². The van der Waals surface area contributed by atoms with E-state index in [2.05, 4.69) is 0 Å². The van der Waals surface area contributed by atoms with E-state index in [9.17, 15) is 14.3 Å². The first kappa shape index (κ1) is 11.4. The molecule has 1 heterocycles. The van der Waals surface area contributed by atoms with Crippen molar-refractivity contribution in [1.82, 2.24) is 0 Å². The van der Waals surface area contributed by atoms with E-state index in [0.717, 1.165) is 0 Å². The molecule has 0 amide bonds. The third-order valence-electron chi connectivity index (χ3n) is 2.45. The van der Waals surface area contributed by atoms with Crippen LogP contribution >= 0.6 is 0 Å². The second-order valence-corrected chi connectivity index (χ2v) is 4.34. The van der Waals surface area contributed by atoms with Gasteiger partial charge in [-0.25, -0.2) is 9.18 Å². The van der Waals surface area contributed by atoms with Gasteiger partial charge in [-0.1, -0.05) is 0 Å². The van der Waals surface area contributed by atoms with E-state index < -0.39 is 23.3 Å². The van der Waals surface area contributed by atoms with Gasteiger partial charge in [0.25, 0.3) is 0 Å². The minimum absolute atomic E-state index is 0.00648. The zero-order chi connectivity index (χ0) is 11.0. The molecule has 0 aromatic carbocycles. The van der Waals surface area contributed by atoms with Gasteiger partial charge in [-0.15, -0.1) is 0 Å². The summed E-state index contributed by atoms with van der Waals surface area (Å²) in [6.07, 6.45) is -2.23. The summed E-state index contributed by atoms with van der Waals surface area (Å²) in [5, 5.41) is 18.3. The molecule has 2 N–H and O–H groups in total. The van der Waals surface area contributed by atoms with Crippen LogP contribution in [0.15, 0.2) is 0 Å². The highest BCUT2D eigenvalue weighted by atomic mass is 19.1. The summed E-state index contributed by atoms with van der Waals surface area (Å²) in [6.45, 7) is 3.58. The lowest BCUT2D eigenvalue weighted by atomic mass is 9.81. The van der Waals surface area contributed by atoms with Gasteiger partial charge in [-0.05, 0) is 13.8 Å². The maximum atomic E-state index is 13.2. The molecule has 0 saturated carbocycles. The molecule has 2 unspecified atom stereocenters. The van der Waals surface area contributed by atoms with E-state index in [-0.39, 0.29) is 19.4 Å². The van der Waals surface area contributed by atoms with Crippen molar-refractivity contribution in [2.24, 2.45) is 0 Å². The third kappa shape index (κ3) is 2.22. The Morgan fingerprint density at radius 2 is 2.14 bits per heavy atom. The zero-order valence-electron chi connectivity index (χ0n) is 8.29. The van der Waals surface area contributed by atoms with E-state index in [0.29, 0.717) is 0 Å². The summed E-state index contributed by atoms with van der Waals surface area (Å²) in [5.74, 6) is -1.62. The maximum absolute atomic E-state index is 13.2. The molecule has 2 atom stereocenters. The highest BCUT2D eigenvalue weighted by Crippen LogP contribution is 2.35. The molecule has 0 spiro atoms. The number of carbonyl (C=O) groups is 1. The Labute approximate surface area is 81.7 Å². The Balaban J connectivity index is 2.78. The smallest absolute Gasteiger partial charge is 0.341 e. The third-order valence-corrected chi connectivity index (χ3v) is 2.45. The standard InChI is InChI=1S/C9H15FO4/c1-8(2)5-9(13,3-4-14-8)6(10)7(11)12/h6,13H,3-5H2,1-2H3,(H,11,12). The van der Waals surface area contributed by atoms with Gasteiger partial charge in [0.2, 0.25) is 6.17 Å². The molecule has 1 saturated heterocycles. The van der Waals surface area contributed by atoms with Gasteiger partial charge >= 0.3 is 5.97 Å². The first-order valence-electron chi connectivity index (χ1n) is 4.50. The Morgan fingerprint density at radius 1 is 1.57 bits per heavy atom. The summed E-state index contributed by atoms with van der Waals surface area (Å²) in [5.41, 5.74) is -2.47. The molecule has 0 aliphatic carbocycles. The van der Waals surface area contributed by atoms with E-state index in [4.69, 9.17) is 9.84 Å². The second-order valence-electron chi connectivity index (χ2n) is 4.34.